The molecule has 0 saturated heterocycles. The summed E-state index contributed by atoms with van der Waals surface area (Å²) in [7, 11) is 0. The number of hydrogen-bond acceptors (Lipinski definition) is 3. The molecule has 0 aliphatic carbocycles. The average Bonchev–Trinajstić information content (AvgIpc) is 3.29. The first-order chi connectivity index (χ1) is 27.8. The van der Waals surface area contributed by atoms with Crippen LogP contribution in [0.1, 0.15) is 22.3 Å². The number of nitrogens with zero attached hydrogens (tertiary/aromatic N) is 2. The highest BCUT2D eigenvalue weighted by Gasteiger charge is 2.44. The van der Waals surface area contributed by atoms with Gasteiger partial charge >= 0.3 is 0 Å². The molecule has 264 valence electrons. The van der Waals surface area contributed by atoms with Crippen molar-refractivity contribution in [1.29, 1.82) is 0 Å². The summed E-state index contributed by atoms with van der Waals surface area (Å²) < 4.78 is 0. The molecule has 2 heterocycles. The first kappa shape index (κ1) is 33.7. The van der Waals surface area contributed by atoms with E-state index >= 15 is 0 Å². The molecule has 9 aromatic rings. The van der Waals surface area contributed by atoms with Gasteiger partial charge in [-0.25, -0.2) is 9.97 Å². The van der Waals surface area contributed by atoms with Crippen LogP contribution in [-0.2, 0) is 5.41 Å². The molecule has 10 rings (SSSR count). The third-order valence-corrected chi connectivity index (χ3v) is 12.0. The van der Waals surface area contributed by atoms with Gasteiger partial charge in [-0.1, -0.05) is 206 Å². The molecule has 1 aromatic heterocycles. The standard InChI is InChI=1S/C53H36N2S/c1-5-18-37(19-6-1)48-36-49(38-20-7-2-8-21-38)55-52(54-48)42-25-16-23-40(35-42)39-22-15-24-41(34-39)45-30-17-32-47-51(45)56-50-33-14-13-31-46(50)53(47,43-26-9-3-10-27-43)44-28-11-4-12-29-44/h1-36H. The number of rotatable bonds is 7. The van der Waals surface area contributed by atoms with E-state index in [1.807, 2.05) is 23.9 Å². The summed E-state index contributed by atoms with van der Waals surface area (Å²) in [5, 5.41) is 0. The maximum Gasteiger partial charge on any atom is 0.160 e. The molecule has 0 spiro atoms. The van der Waals surface area contributed by atoms with E-state index in [-0.39, 0.29) is 0 Å². The van der Waals surface area contributed by atoms with Crippen molar-refractivity contribution in [1.82, 2.24) is 9.97 Å². The third kappa shape index (κ3) is 5.94. The predicted molar refractivity (Wildman–Crippen MR) is 232 cm³/mol. The van der Waals surface area contributed by atoms with Crippen LogP contribution in [0.15, 0.2) is 228 Å². The minimum atomic E-state index is -0.478. The second kappa shape index (κ2) is 14.4. The molecule has 0 bridgehead atoms. The molecule has 3 heteroatoms. The zero-order valence-corrected chi connectivity index (χ0v) is 31.4. The van der Waals surface area contributed by atoms with Crippen LogP contribution >= 0.6 is 11.8 Å². The van der Waals surface area contributed by atoms with E-state index in [9.17, 15) is 0 Å². The summed E-state index contributed by atoms with van der Waals surface area (Å²) >= 11 is 1.88. The molecular weight excluding hydrogens is 697 g/mol. The Bertz CT molecular complexity index is 2720. The highest BCUT2D eigenvalue weighted by atomic mass is 32.2. The summed E-state index contributed by atoms with van der Waals surface area (Å²) in [6, 6.07) is 78.2. The van der Waals surface area contributed by atoms with E-state index in [0.29, 0.717) is 5.82 Å². The second-order valence-corrected chi connectivity index (χ2v) is 15.2. The van der Waals surface area contributed by atoms with E-state index < -0.39 is 5.41 Å². The number of hydrogen-bond donors (Lipinski definition) is 0. The second-order valence-electron chi connectivity index (χ2n) is 14.1. The van der Waals surface area contributed by atoms with Crippen molar-refractivity contribution in [3.05, 3.63) is 241 Å². The van der Waals surface area contributed by atoms with Crippen LogP contribution in [0.3, 0.4) is 0 Å². The minimum absolute atomic E-state index is 0.478. The van der Waals surface area contributed by atoms with Gasteiger partial charge in [0.15, 0.2) is 5.82 Å². The maximum atomic E-state index is 5.12. The molecule has 0 saturated carbocycles. The van der Waals surface area contributed by atoms with Crippen LogP contribution < -0.4 is 0 Å². The van der Waals surface area contributed by atoms with Crippen molar-refractivity contribution in [3.8, 4) is 56.2 Å². The van der Waals surface area contributed by atoms with Gasteiger partial charge < -0.3 is 0 Å². The fourth-order valence-corrected chi connectivity index (χ4v) is 9.57. The summed E-state index contributed by atoms with van der Waals surface area (Å²) in [6.07, 6.45) is 0. The fraction of sp³-hybridized carbons (Fsp3) is 0.0189. The van der Waals surface area contributed by atoms with Gasteiger partial charge in [-0.05, 0) is 68.8 Å². The lowest BCUT2D eigenvalue weighted by Gasteiger charge is -2.42. The topological polar surface area (TPSA) is 25.8 Å². The van der Waals surface area contributed by atoms with Crippen LogP contribution in [0.5, 0.6) is 0 Å². The normalized spacial score (nSPS) is 12.7. The molecule has 0 fully saturated rings. The van der Waals surface area contributed by atoms with Crippen molar-refractivity contribution >= 4 is 11.8 Å². The Kier molecular flexibility index (Phi) is 8.70. The molecule has 0 amide bonds. The Hall–Kier alpha value is -6.81. The lowest BCUT2D eigenvalue weighted by molar-refractivity contribution is 0.703. The molecule has 0 atom stereocenters. The Morgan fingerprint density at radius 3 is 1.39 bits per heavy atom. The zero-order chi connectivity index (χ0) is 37.3. The highest BCUT2D eigenvalue weighted by Crippen LogP contribution is 2.57. The van der Waals surface area contributed by atoms with Gasteiger partial charge in [-0.2, -0.15) is 0 Å². The largest absolute Gasteiger partial charge is 0.228 e. The van der Waals surface area contributed by atoms with Crippen LogP contribution in [0.25, 0.3) is 56.2 Å². The summed E-state index contributed by atoms with van der Waals surface area (Å²) in [5.41, 5.74) is 14.2. The summed E-state index contributed by atoms with van der Waals surface area (Å²) in [4.78, 5) is 12.8. The van der Waals surface area contributed by atoms with E-state index in [1.165, 1.54) is 43.2 Å². The summed E-state index contributed by atoms with van der Waals surface area (Å²) in [5.74, 6) is 0.702. The minimum Gasteiger partial charge on any atom is -0.228 e. The highest BCUT2D eigenvalue weighted by molar-refractivity contribution is 7.99. The van der Waals surface area contributed by atoms with E-state index in [1.54, 1.807) is 0 Å². The molecule has 56 heavy (non-hydrogen) atoms. The van der Waals surface area contributed by atoms with Crippen LogP contribution in [0.4, 0.5) is 0 Å². The van der Waals surface area contributed by atoms with Gasteiger partial charge in [0.25, 0.3) is 0 Å². The first-order valence-electron chi connectivity index (χ1n) is 19.0. The molecule has 0 N–H and O–H groups in total. The SMILES string of the molecule is c1ccc(-c2cc(-c3ccccc3)nc(-c3cccc(-c4cccc(-c5cccc6c5Sc5ccccc5C6(c5ccccc5)c5ccccc5)c4)c3)n2)cc1. The Balaban J connectivity index is 1.10. The molecule has 0 radical (unpaired) electrons. The number of aromatic nitrogens is 2. The van der Waals surface area contributed by atoms with E-state index in [2.05, 4.69) is 206 Å². The molecule has 0 unspecified atom stereocenters. The van der Waals surface area contributed by atoms with Gasteiger partial charge in [0.2, 0.25) is 0 Å². The molecule has 8 aromatic carbocycles. The Morgan fingerprint density at radius 2 is 0.786 bits per heavy atom. The number of fused-ring (bicyclic) bond motifs is 2. The van der Waals surface area contributed by atoms with Crippen molar-refractivity contribution < 1.29 is 0 Å². The van der Waals surface area contributed by atoms with Crippen molar-refractivity contribution in [3.63, 3.8) is 0 Å². The molecule has 2 nitrogen and oxygen atoms in total. The van der Waals surface area contributed by atoms with Gasteiger partial charge in [-0.15, -0.1) is 0 Å². The van der Waals surface area contributed by atoms with Gasteiger partial charge in [-0.3, -0.25) is 0 Å². The van der Waals surface area contributed by atoms with Crippen molar-refractivity contribution in [2.75, 3.05) is 0 Å². The Labute approximate surface area is 332 Å². The van der Waals surface area contributed by atoms with Gasteiger partial charge in [0.1, 0.15) is 0 Å². The lowest BCUT2D eigenvalue weighted by atomic mass is 9.64. The smallest absolute Gasteiger partial charge is 0.160 e. The predicted octanol–water partition coefficient (Wildman–Crippen LogP) is 13.7. The average molecular weight is 733 g/mol. The number of benzene rings is 8. The fourth-order valence-electron chi connectivity index (χ4n) is 8.25. The zero-order valence-electron chi connectivity index (χ0n) is 30.6. The van der Waals surface area contributed by atoms with Crippen LogP contribution in [0.2, 0.25) is 0 Å². The molecule has 1 aliphatic heterocycles. The van der Waals surface area contributed by atoms with Crippen LogP contribution in [-0.4, -0.2) is 9.97 Å². The van der Waals surface area contributed by atoms with E-state index in [4.69, 9.17) is 9.97 Å². The van der Waals surface area contributed by atoms with Gasteiger partial charge in [0, 0.05) is 26.5 Å². The van der Waals surface area contributed by atoms with E-state index in [0.717, 1.165) is 39.2 Å². The van der Waals surface area contributed by atoms with Crippen molar-refractivity contribution in [2.24, 2.45) is 0 Å². The van der Waals surface area contributed by atoms with Crippen LogP contribution in [0, 0.1) is 0 Å². The Morgan fingerprint density at radius 1 is 0.339 bits per heavy atom. The first-order valence-corrected chi connectivity index (χ1v) is 19.8. The monoisotopic (exact) mass is 732 g/mol. The van der Waals surface area contributed by atoms with Gasteiger partial charge in [0.05, 0.1) is 16.8 Å². The summed E-state index contributed by atoms with van der Waals surface area (Å²) in [6.45, 7) is 0. The van der Waals surface area contributed by atoms with Crippen molar-refractivity contribution in [2.45, 2.75) is 15.2 Å². The lowest BCUT2D eigenvalue weighted by Crippen LogP contribution is -2.34. The molecular formula is C53H36N2S. The maximum absolute atomic E-state index is 5.12. The quantitative estimate of drug-likeness (QED) is 0.163. The molecule has 1 aliphatic rings. The third-order valence-electron chi connectivity index (χ3n) is 10.8.